The Labute approximate surface area is 96.9 Å². The molecule has 2 nitrogen and oxygen atoms in total. The number of ether oxygens (including phenoxy) is 1. The van der Waals surface area contributed by atoms with Crippen LogP contribution in [0.15, 0.2) is 36.6 Å². The second-order valence-corrected chi connectivity index (χ2v) is 4.45. The van der Waals surface area contributed by atoms with Crippen LogP contribution in [0.5, 0.6) is 0 Å². The lowest BCUT2D eigenvalue weighted by atomic mass is 9.96. The second-order valence-electron chi connectivity index (χ2n) is 4.45. The third-order valence-corrected chi connectivity index (χ3v) is 2.42. The maximum absolute atomic E-state index is 11.1. The van der Waals surface area contributed by atoms with Gasteiger partial charge in [-0.15, -0.1) is 0 Å². The van der Waals surface area contributed by atoms with E-state index in [1.54, 1.807) is 6.92 Å². The zero-order valence-electron chi connectivity index (χ0n) is 10.3. The molecular weight excluding hydrogens is 200 g/mol. The molecule has 0 atom stereocenters. The van der Waals surface area contributed by atoms with Crippen molar-refractivity contribution < 1.29 is 9.53 Å². The summed E-state index contributed by atoms with van der Waals surface area (Å²) in [5.41, 5.74) is 1.33. The fourth-order valence-corrected chi connectivity index (χ4v) is 1.60. The van der Waals surface area contributed by atoms with E-state index in [1.807, 2.05) is 45.0 Å². The second kappa shape index (κ2) is 4.52. The third-order valence-electron chi connectivity index (χ3n) is 2.42. The summed E-state index contributed by atoms with van der Waals surface area (Å²) < 4.78 is 5.64. The molecule has 16 heavy (non-hydrogen) atoms. The van der Waals surface area contributed by atoms with Crippen LogP contribution in [0.1, 0.15) is 43.6 Å². The molecule has 2 heteroatoms. The van der Waals surface area contributed by atoms with E-state index in [0.29, 0.717) is 5.76 Å². The predicted octanol–water partition coefficient (Wildman–Crippen LogP) is 3.67. The van der Waals surface area contributed by atoms with Crippen molar-refractivity contribution in [1.82, 2.24) is 0 Å². The Morgan fingerprint density at radius 3 is 2.06 bits per heavy atom. The average molecular weight is 218 g/mol. The van der Waals surface area contributed by atoms with Crippen LogP contribution in [0.3, 0.4) is 0 Å². The van der Waals surface area contributed by atoms with Crippen LogP contribution in [0.4, 0.5) is 0 Å². The lowest BCUT2D eigenvalue weighted by Crippen LogP contribution is -2.20. The first kappa shape index (κ1) is 12.5. The molecule has 0 radical (unpaired) electrons. The van der Waals surface area contributed by atoms with Gasteiger partial charge in [-0.05, 0) is 33.3 Å². The standard InChI is InChI=1S/C14H18O2/c1-10(2)16-14(4,5)13-8-6-12(7-9-13)11(3)15/h6-9H,1H2,2-5H3. The van der Waals surface area contributed by atoms with Gasteiger partial charge in [0.1, 0.15) is 5.60 Å². The van der Waals surface area contributed by atoms with Crippen molar-refractivity contribution in [3.63, 3.8) is 0 Å². The van der Waals surface area contributed by atoms with Crippen molar-refractivity contribution in [2.45, 2.75) is 33.3 Å². The van der Waals surface area contributed by atoms with Gasteiger partial charge < -0.3 is 4.74 Å². The first-order valence-electron chi connectivity index (χ1n) is 5.29. The SMILES string of the molecule is C=C(C)OC(C)(C)c1ccc(C(C)=O)cc1. The van der Waals surface area contributed by atoms with Crippen LogP contribution < -0.4 is 0 Å². The van der Waals surface area contributed by atoms with Crippen LogP contribution in [0.2, 0.25) is 0 Å². The Kier molecular flexibility index (Phi) is 3.53. The zero-order valence-corrected chi connectivity index (χ0v) is 10.3. The van der Waals surface area contributed by atoms with Crippen LogP contribution in [0.25, 0.3) is 0 Å². The van der Waals surface area contributed by atoms with E-state index >= 15 is 0 Å². The van der Waals surface area contributed by atoms with Crippen molar-refractivity contribution in [1.29, 1.82) is 0 Å². The van der Waals surface area contributed by atoms with Gasteiger partial charge >= 0.3 is 0 Å². The minimum atomic E-state index is -0.416. The monoisotopic (exact) mass is 218 g/mol. The first-order chi connectivity index (χ1) is 7.33. The summed E-state index contributed by atoms with van der Waals surface area (Å²) in [7, 11) is 0. The number of benzene rings is 1. The Balaban J connectivity index is 2.96. The summed E-state index contributed by atoms with van der Waals surface area (Å²) in [6.45, 7) is 11.1. The molecule has 0 aliphatic carbocycles. The summed E-state index contributed by atoms with van der Waals surface area (Å²) in [5, 5.41) is 0. The largest absolute Gasteiger partial charge is 0.488 e. The summed E-state index contributed by atoms with van der Waals surface area (Å²) in [4.78, 5) is 11.1. The van der Waals surface area contributed by atoms with Gasteiger partial charge in [0.25, 0.3) is 0 Å². The number of allylic oxidation sites excluding steroid dienone is 1. The highest BCUT2D eigenvalue weighted by Crippen LogP contribution is 2.27. The van der Waals surface area contributed by atoms with Gasteiger partial charge in [0.15, 0.2) is 5.78 Å². The fourth-order valence-electron chi connectivity index (χ4n) is 1.60. The minimum absolute atomic E-state index is 0.0742. The molecule has 0 saturated heterocycles. The van der Waals surface area contributed by atoms with Gasteiger partial charge in [-0.1, -0.05) is 30.8 Å². The normalized spacial score (nSPS) is 11.0. The number of hydrogen-bond donors (Lipinski definition) is 0. The molecule has 1 aromatic carbocycles. The molecule has 0 unspecified atom stereocenters. The third kappa shape index (κ3) is 2.96. The van der Waals surface area contributed by atoms with Crippen molar-refractivity contribution in [2.24, 2.45) is 0 Å². The van der Waals surface area contributed by atoms with Gasteiger partial charge in [-0.25, -0.2) is 0 Å². The van der Waals surface area contributed by atoms with Gasteiger partial charge in [0.2, 0.25) is 0 Å². The number of hydrogen-bond acceptors (Lipinski definition) is 2. The summed E-state index contributed by atoms with van der Waals surface area (Å²) in [6.07, 6.45) is 0. The van der Waals surface area contributed by atoms with E-state index in [4.69, 9.17) is 4.74 Å². The first-order valence-corrected chi connectivity index (χ1v) is 5.29. The Hall–Kier alpha value is -1.57. The molecule has 0 amide bonds. The molecule has 0 bridgehead atoms. The topological polar surface area (TPSA) is 26.3 Å². The highest BCUT2D eigenvalue weighted by atomic mass is 16.5. The van der Waals surface area contributed by atoms with E-state index in [0.717, 1.165) is 11.1 Å². The summed E-state index contributed by atoms with van der Waals surface area (Å²) in [5.74, 6) is 0.755. The van der Waals surface area contributed by atoms with E-state index in [9.17, 15) is 4.79 Å². The number of Topliss-reactive ketones (excluding diaryl/α,β-unsaturated/α-hetero) is 1. The maximum Gasteiger partial charge on any atom is 0.159 e. The number of carbonyl (C=O) groups excluding carboxylic acids is 1. The molecule has 0 saturated carbocycles. The number of carbonyl (C=O) groups is 1. The molecule has 0 aromatic heterocycles. The van der Waals surface area contributed by atoms with Crippen LogP contribution in [-0.4, -0.2) is 5.78 Å². The van der Waals surface area contributed by atoms with Crippen molar-refractivity contribution in [2.75, 3.05) is 0 Å². The van der Waals surface area contributed by atoms with Gasteiger partial charge in [0, 0.05) is 5.56 Å². The Morgan fingerprint density at radius 2 is 1.69 bits per heavy atom. The molecule has 0 aliphatic heterocycles. The summed E-state index contributed by atoms with van der Waals surface area (Å²) in [6, 6.07) is 7.47. The highest BCUT2D eigenvalue weighted by molar-refractivity contribution is 5.94. The number of rotatable bonds is 4. The molecule has 86 valence electrons. The average Bonchev–Trinajstić information content (AvgIpc) is 2.16. The van der Waals surface area contributed by atoms with Crippen molar-refractivity contribution in [3.05, 3.63) is 47.7 Å². The summed E-state index contributed by atoms with van der Waals surface area (Å²) >= 11 is 0. The Bertz CT molecular complexity index is 399. The van der Waals surface area contributed by atoms with E-state index in [1.165, 1.54) is 0 Å². The van der Waals surface area contributed by atoms with Crippen LogP contribution in [-0.2, 0) is 10.3 Å². The maximum atomic E-state index is 11.1. The Morgan fingerprint density at radius 1 is 1.19 bits per heavy atom. The zero-order chi connectivity index (χ0) is 12.3. The smallest absolute Gasteiger partial charge is 0.159 e. The highest BCUT2D eigenvalue weighted by Gasteiger charge is 2.22. The van der Waals surface area contributed by atoms with Crippen molar-refractivity contribution >= 4 is 5.78 Å². The van der Waals surface area contributed by atoms with E-state index in [2.05, 4.69) is 6.58 Å². The molecule has 0 heterocycles. The van der Waals surface area contributed by atoms with E-state index in [-0.39, 0.29) is 5.78 Å². The molecule has 0 N–H and O–H groups in total. The molecule has 0 aliphatic rings. The minimum Gasteiger partial charge on any atom is -0.488 e. The van der Waals surface area contributed by atoms with Gasteiger partial charge in [-0.3, -0.25) is 4.79 Å². The van der Waals surface area contributed by atoms with Gasteiger partial charge in [-0.2, -0.15) is 0 Å². The molecule has 1 aromatic rings. The molecular formula is C14H18O2. The van der Waals surface area contributed by atoms with Crippen LogP contribution >= 0.6 is 0 Å². The van der Waals surface area contributed by atoms with E-state index < -0.39 is 5.60 Å². The van der Waals surface area contributed by atoms with Gasteiger partial charge in [0.05, 0.1) is 5.76 Å². The quantitative estimate of drug-likeness (QED) is 0.569. The predicted molar refractivity (Wildman–Crippen MR) is 65.4 cm³/mol. The fraction of sp³-hybridized carbons (Fsp3) is 0.357. The molecule has 0 fully saturated rings. The molecule has 0 spiro atoms. The lowest BCUT2D eigenvalue weighted by molar-refractivity contribution is 0.0337. The van der Waals surface area contributed by atoms with Crippen molar-refractivity contribution in [3.8, 4) is 0 Å². The lowest BCUT2D eigenvalue weighted by Gasteiger charge is -2.27. The van der Waals surface area contributed by atoms with Crippen LogP contribution in [0, 0.1) is 0 Å². The molecule has 1 rings (SSSR count). The number of ketones is 1.